The predicted octanol–water partition coefficient (Wildman–Crippen LogP) is 0.627. The largest absolute Gasteiger partial charge is 0.353 e. The van der Waals surface area contributed by atoms with Crippen molar-refractivity contribution < 1.29 is 4.79 Å². The quantitative estimate of drug-likeness (QED) is 0.711. The van der Waals surface area contributed by atoms with Crippen LogP contribution in [0.1, 0.15) is 5.82 Å². The molecule has 0 saturated heterocycles. The Labute approximate surface area is 144 Å². The van der Waals surface area contributed by atoms with Gasteiger partial charge in [0, 0.05) is 49.5 Å². The number of aromatic nitrogens is 5. The standard InChI is InChI=1S/C17H18N6O2/c1-13-19-8-10-22(13)11-9-20-16(24)12-23-17(25)3-2-15(21-23)14-4-6-18-7-5-14/h2-8,10H,9,11-12H2,1H3,(H,20,24). The van der Waals surface area contributed by atoms with Gasteiger partial charge in [0.05, 0.1) is 5.69 Å². The normalized spacial score (nSPS) is 10.6. The lowest BCUT2D eigenvalue weighted by atomic mass is 10.2. The smallest absolute Gasteiger partial charge is 0.267 e. The van der Waals surface area contributed by atoms with Gasteiger partial charge < -0.3 is 9.88 Å². The van der Waals surface area contributed by atoms with Crippen molar-refractivity contribution in [3.8, 4) is 11.3 Å². The highest BCUT2D eigenvalue weighted by Gasteiger charge is 2.08. The van der Waals surface area contributed by atoms with Gasteiger partial charge in [0.15, 0.2) is 0 Å². The van der Waals surface area contributed by atoms with Crippen LogP contribution in [0.2, 0.25) is 0 Å². The second-order valence-corrected chi connectivity index (χ2v) is 5.47. The van der Waals surface area contributed by atoms with E-state index in [-0.39, 0.29) is 18.0 Å². The van der Waals surface area contributed by atoms with Crippen LogP contribution < -0.4 is 10.9 Å². The van der Waals surface area contributed by atoms with E-state index in [9.17, 15) is 9.59 Å². The molecule has 0 fully saturated rings. The van der Waals surface area contributed by atoms with E-state index in [1.54, 1.807) is 36.8 Å². The Morgan fingerprint density at radius 3 is 2.68 bits per heavy atom. The van der Waals surface area contributed by atoms with Crippen molar-refractivity contribution in [1.29, 1.82) is 0 Å². The van der Waals surface area contributed by atoms with E-state index in [0.717, 1.165) is 16.1 Å². The third kappa shape index (κ3) is 4.17. The van der Waals surface area contributed by atoms with E-state index in [1.807, 2.05) is 17.7 Å². The lowest BCUT2D eigenvalue weighted by molar-refractivity contribution is -0.121. The van der Waals surface area contributed by atoms with Gasteiger partial charge in [-0.05, 0) is 25.1 Å². The van der Waals surface area contributed by atoms with E-state index in [1.165, 1.54) is 6.07 Å². The van der Waals surface area contributed by atoms with Gasteiger partial charge in [-0.2, -0.15) is 5.10 Å². The first-order valence-electron chi connectivity index (χ1n) is 7.86. The molecule has 8 heteroatoms. The maximum atomic E-state index is 12.1. The Morgan fingerprint density at radius 1 is 1.16 bits per heavy atom. The van der Waals surface area contributed by atoms with E-state index in [4.69, 9.17) is 0 Å². The third-order valence-electron chi connectivity index (χ3n) is 3.73. The number of nitrogens with one attached hydrogen (secondary N) is 1. The maximum absolute atomic E-state index is 12.1. The minimum atomic E-state index is -0.321. The number of hydrogen-bond acceptors (Lipinski definition) is 5. The van der Waals surface area contributed by atoms with Crippen LogP contribution in [0.15, 0.2) is 53.8 Å². The molecule has 0 aliphatic heterocycles. The number of amides is 1. The van der Waals surface area contributed by atoms with Crippen molar-refractivity contribution in [2.45, 2.75) is 20.0 Å². The molecule has 8 nitrogen and oxygen atoms in total. The van der Waals surface area contributed by atoms with Gasteiger partial charge >= 0.3 is 0 Å². The van der Waals surface area contributed by atoms with E-state index >= 15 is 0 Å². The van der Waals surface area contributed by atoms with Gasteiger partial charge in [-0.1, -0.05) is 0 Å². The fourth-order valence-corrected chi connectivity index (χ4v) is 2.39. The Kier molecular flexibility index (Phi) is 4.98. The monoisotopic (exact) mass is 338 g/mol. The van der Waals surface area contributed by atoms with Crippen LogP contribution in [0.4, 0.5) is 0 Å². The number of carbonyl (C=O) groups is 1. The Morgan fingerprint density at radius 2 is 1.96 bits per heavy atom. The van der Waals surface area contributed by atoms with Gasteiger partial charge in [0.1, 0.15) is 12.4 Å². The molecule has 0 atom stereocenters. The number of carbonyl (C=O) groups excluding carboxylic acids is 1. The molecule has 3 heterocycles. The van der Waals surface area contributed by atoms with Gasteiger partial charge in [0.25, 0.3) is 5.56 Å². The Hall–Kier alpha value is -3.29. The van der Waals surface area contributed by atoms with Crippen LogP contribution in [0.3, 0.4) is 0 Å². The van der Waals surface area contributed by atoms with Crippen LogP contribution >= 0.6 is 0 Å². The van der Waals surface area contributed by atoms with Crippen molar-refractivity contribution in [3.05, 3.63) is 65.2 Å². The molecule has 3 rings (SSSR count). The molecule has 0 aliphatic carbocycles. The first kappa shape index (κ1) is 16.6. The zero-order valence-corrected chi connectivity index (χ0v) is 13.8. The van der Waals surface area contributed by atoms with Crippen molar-refractivity contribution in [2.75, 3.05) is 6.54 Å². The van der Waals surface area contributed by atoms with Crippen LogP contribution in [0, 0.1) is 6.92 Å². The average molecular weight is 338 g/mol. The second-order valence-electron chi connectivity index (χ2n) is 5.47. The van der Waals surface area contributed by atoms with Gasteiger partial charge in [0.2, 0.25) is 5.91 Å². The van der Waals surface area contributed by atoms with Crippen molar-refractivity contribution >= 4 is 5.91 Å². The number of hydrogen-bond donors (Lipinski definition) is 1. The lowest BCUT2D eigenvalue weighted by Gasteiger charge is -2.09. The first-order valence-corrected chi connectivity index (χ1v) is 7.86. The summed E-state index contributed by atoms with van der Waals surface area (Å²) in [5.41, 5.74) is 1.13. The van der Waals surface area contributed by atoms with Crippen LogP contribution in [-0.2, 0) is 17.9 Å². The molecule has 0 saturated carbocycles. The van der Waals surface area contributed by atoms with Crippen molar-refractivity contribution in [1.82, 2.24) is 29.6 Å². The molecule has 1 N–H and O–H groups in total. The average Bonchev–Trinajstić information content (AvgIpc) is 3.03. The van der Waals surface area contributed by atoms with E-state index in [0.29, 0.717) is 18.8 Å². The molecular formula is C17H18N6O2. The Bertz CT molecular complexity index is 916. The maximum Gasteiger partial charge on any atom is 0.267 e. The Balaban J connectivity index is 1.63. The van der Waals surface area contributed by atoms with Gasteiger partial charge in [-0.25, -0.2) is 9.67 Å². The molecule has 0 radical (unpaired) electrons. The highest BCUT2D eigenvalue weighted by molar-refractivity contribution is 5.75. The van der Waals surface area contributed by atoms with Crippen molar-refractivity contribution in [3.63, 3.8) is 0 Å². The van der Waals surface area contributed by atoms with Crippen LogP contribution in [0.25, 0.3) is 11.3 Å². The molecule has 3 aromatic heterocycles. The molecule has 128 valence electrons. The van der Waals surface area contributed by atoms with Gasteiger partial charge in [-0.3, -0.25) is 14.6 Å². The minimum absolute atomic E-state index is 0.124. The molecule has 0 spiro atoms. The summed E-state index contributed by atoms with van der Waals surface area (Å²) in [7, 11) is 0. The fraction of sp³-hybridized carbons (Fsp3) is 0.235. The number of rotatable bonds is 6. The summed E-state index contributed by atoms with van der Waals surface area (Å²) in [5, 5.41) is 7.04. The van der Waals surface area contributed by atoms with Gasteiger partial charge in [-0.15, -0.1) is 0 Å². The number of nitrogens with zero attached hydrogens (tertiary/aromatic N) is 5. The topological polar surface area (TPSA) is 94.7 Å². The molecular weight excluding hydrogens is 320 g/mol. The summed E-state index contributed by atoms with van der Waals surface area (Å²) in [6, 6.07) is 6.63. The van der Waals surface area contributed by atoms with Crippen molar-refractivity contribution in [2.24, 2.45) is 0 Å². The number of aryl methyl sites for hydroxylation is 1. The molecule has 25 heavy (non-hydrogen) atoms. The first-order chi connectivity index (χ1) is 12.1. The van der Waals surface area contributed by atoms with E-state index < -0.39 is 0 Å². The summed E-state index contributed by atoms with van der Waals surface area (Å²) in [6.07, 6.45) is 6.87. The SMILES string of the molecule is Cc1nccn1CCNC(=O)Cn1nc(-c2ccncc2)ccc1=O. The highest BCUT2D eigenvalue weighted by atomic mass is 16.2. The zero-order chi connectivity index (χ0) is 17.6. The summed E-state index contributed by atoms with van der Waals surface area (Å²) >= 11 is 0. The molecule has 0 unspecified atom stereocenters. The lowest BCUT2D eigenvalue weighted by Crippen LogP contribution is -2.35. The fourth-order valence-electron chi connectivity index (χ4n) is 2.39. The van der Waals surface area contributed by atoms with Crippen LogP contribution in [0.5, 0.6) is 0 Å². The summed E-state index contributed by atoms with van der Waals surface area (Å²) in [4.78, 5) is 32.1. The molecule has 3 aromatic rings. The molecule has 0 bridgehead atoms. The third-order valence-corrected chi connectivity index (χ3v) is 3.73. The summed E-state index contributed by atoms with van der Waals surface area (Å²) in [5.74, 6) is 0.622. The van der Waals surface area contributed by atoms with E-state index in [2.05, 4.69) is 20.4 Å². The highest BCUT2D eigenvalue weighted by Crippen LogP contribution is 2.12. The number of imidazole rings is 1. The molecule has 0 aliphatic rings. The minimum Gasteiger partial charge on any atom is -0.353 e. The zero-order valence-electron chi connectivity index (χ0n) is 13.8. The van der Waals surface area contributed by atoms with Crippen LogP contribution in [-0.4, -0.2) is 36.8 Å². The summed E-state index contributed by atoms with van der Waals surface area (Å²) < 4.78 is 3.10. The summed E-state index contributed by atoms with van der Waals surface area (Å²) in [6.45, 7) is 2.85. The molecule has 0 aromatic carbocycles. The second kappa shape index (κ2) is 7.52. The number of pyridine rings is 1. The predicted molar refractivity (Wildman–Crippen MR) is 91.7 cm³/mol. The molecule has 1 amide bonds.